The molecule has 0 spiro atoms. The lowest BCUT2D eigenvalue weighted by molar-refractivity contribution is 0.422. The number of rotatable bonds is 3. The van der Waals surface area contributed by atoms with Crippen molar-refractivity contribution in [2.75, 3.05) is 24.7 Å². The van der Waals surface area contributed by atoms with E-state index in [1.807, 2.05) is 42.5 Å². The van der Waals surface area contributed by atoms with E-state index in [4.69, 9.17) is 16.1 Å². The van der Waals surface area contributed by atoms with Gasteiger partial charge in [-0.15, -0.1) is 0 Å². The Labute approximate surface area is 139 Å². The summed E-state index contributed by atoms with van der Waals surface area (Å²) in [4.78, 5) is 2.18. The fraction of sp³-hybridized carbons (Fsp3) is 0.167. The summed E-state index contributed by atoms with van der Waals surface area (Å²) in [7, 11) is 0. The van der Waals surface area contributed by atoms with Crippen molar-refractivity contribution in [3.63, 3.8) is 0 Å². The van der Waals surface area contributed by atoms with Gasteiger partial charge in [0.1, 0.15) is 5.69 Å². The van der Waals surface area contributed by atoms with Crippen molar-refractivity contribution >= 4 is 17.5 Å². The number of nitrogens with zero attached hydrogens (tertiary/aromatic N) is 2. The molecule has 2 heterocycles. The van der Waals surface area contributed by atoms with Crippen LogP contribution in [0.3, 0.4) is 0 Å². The maximum Gasteiger partial charge on any atom is 0.236 e. The summed E-state index contributed by atoms with van der Waals surface area (Å²) in [6, 6.07) is 17.9. The molecule has 1 aliphatic heterocycles. The lowest BCUT2D eigenvalue weighted by Gasteiger charge is -2.14. The van der Waals surface area contributed by atoms with E-state index in [-0.39, 0.29) is 0 Å². The summed E-state index contributed by atoms with van der Waals surface area (Å²) in [5, 5.41) is 8.39. The summed E-state index contributed by atoms with van der Waals surface area (Å²) in [5.41, 5.74) is 3.96. The van der Waals surface area contributed by atoms with Gasteiger partial charge in [0, 0.05) is 23.7 Å². The minimum absolute atomic E-state index is 0.711. The van der Waals surface area contributed by atoms with Crippen molar-refractivity contribution in [2.24, 2.45) is 0 Å². The highest BCUT2D eigenvalue weighted by Crippen LogP contribution is 2.39. The van der Waals surface area contributed by atoms with E-state index in [0.717, 1.165) is 48.0 Å². The number of benzene rings is 2. The molecule has 5 heteroatoms. The van der Waals surface area contributed by atoms with Gasteiger partial charge in [-0.2, -0.15) is 0 Å². The van der Waals surface area contributed by atoms with Crippen LogP contribution in [0.5, 0.6) is 0 Å². The Bertz CT molecular complexity index is 793. The highest BCUT2D eigenvalue weighted by Gasteiger charge is 2.25. The van der Waals surface area contributed by atoms with Crippen LogP contribution < -0.4 is 10.2 Å². The zero-order valence-corrected chi connectivity index (χ0v) is 13.3. The molecular weight excluding hydrogens is 310 g/mol. The number of anilines is 1. The lowest BCUT2D eigenvalue weighted by atomic mass is 10.0. The molecule has 0 amide bonds. The Morgan fingerprint density at radius 1 is 1.00 bits per heavy atom. The first-order valence-corrected chi connectivity index (χ1v) is 7.97. The third kappa shape index (κ3) is 2.71. The average molecular weight is 326 g/mol. The third-order valence-electron chi connectivity index (χ3n) is 4.00. The van der Waals surface area contributed by atoms with E-state index >= 15 is 0 Å². The van der Waals surface area contributed by atoms with Crippen molar-refractivity contribution < 1.29 is 4.52 Å². The second-order valence-electron chi connectivity index (χ2n) is 5.51. The summed E-state index contributed by atoms with van der Waals surface area (Å²) >= 11 is 6.00. The molecule has 0 unspecified atom stereocenters. The summed E-state index contributed by atoms with van der Waals surface area (Å²) in [6.07, 6.45) is 0. The van der Waals surface area contributed by atoms with Gasteiger partial charge in [-0.1, -0.05) is 59.2 Å². The van der Waals surface area contributed by atoms with Crippen molar-refractivity contribution in [3.8, 4) is 22.4 Å². The van der Waals surface area contributed by atoms with Gasteiger partial charge in [0.25, 0.3) is 0 Å². The lowest BCUT2D eigenvalue weighted by Crippen LogP contribution is -2.21. The van der Waals surface area contributed by atoms with Crippen LogP contribution in [-0.2, 0) is 0 Å². The smallest absolute Gasteiger partial charge is 0.236 e. The molecule has 0 atom stereocenters. The van der Waals surface area contributed by atoms with E-state index in [9.17, 15) is 0 Å². The van der Waals surface area contributed by atoms with Gasteiger partial charge < -0.3 is 9.42 Å². The average Bonchev–Trinajstić information content (AvgIpc) is 3.25. The van der Waals surface area contributed by atoms with Gasteiger partial charge in [0.15, 0.2) is 0 Å². The molecule has 0 saturated carbocycles. The summed E-state index contributed by atoms with van der Waals surface area (Å²) in [6.45, 7) is 2.63. The van der Waals surface area contributed by atoms with E-state index in [2.05, 4.69) is 27.5 Å². The fourth-order valence-electron chi connectivity index (χ4n) is 2.85. The third-order valence-corrected chi connectivity index (χ3v) is 4.25. The second-order valence-corrected chi connectivity index (χ2v) is 5.94. The van der Waals surface area contributed by atoms with Crippen molar-refractivity contribution in [3.05, 3.63) is 59.6 Å². The Morgan fingerprint density at radius 3 is 2.48 bits per heavy atom. The van der Waals surface area contributed by atoms with Crippen LogP contribution in [0, 0.1) is 0 Å². The molecular formula is C18H16ClN3O. The van der Waals surface area contributed by atoms with E-state index in [0.29, 0.717) is 5.02 Å². The molecule has 116 valence electrons. The van der Waals surface area contributed by atoms with Gasteiger partial charge in [0.05, 0.1) is 12.2 Å². The summed E-state index contributed by atoms with van der Waals surface area (Å²) < 4.78 is 5.72. The Balaban J connectivity index is 1.87. The molecule has 3 aromatic rings. The van der Waals surface area contributed by atoms with Crippen LogP contribution in [0.25, 0.3) is 22.4 Å². The van der Waals surface area contributed by atoms with E-state index in [1.165, 1.54) is 0 Å². The topological polar surface area (TPSA) is 41.3 Å². The van der Waals surface area contributed by atoms with Crippen molar-refractivity contribution in [1.82, 2.24) is 10.5 Å². The fourth-order valence-corrected chi connectivity index (χ4v) is 2.97. The second kappa shape index (κ2) is 6.07. The van der Waals surface area contributed by atoms with Gasteiger partial charge >= 0.3 is 0 Å². The predicted molar refractivity (Wildman–Crippen MR) is 92.6 cm³/mol. The molecule has 2 aromatic carbocycles. The highest BCUT2D eigenvalue weighted by molar-refractivity contribution is 6.30. The summed E-state index contributed by atoms with van der Waals surface area (Å²) in [5.74, 6) is 0.811. The Kier molecular flexibility index (Phi) is 3.77. The minimum Gasteiger partial charge on any atom is -0.337 e. The molecule has 4 rings (SSSR count). The minimum atomic E-state index is 0.711. The van der Waals surface area contributed by atoms with Crippen LogP contribution in [-0.4, -0.2) is 24.9 Å². The molecule has 4 nitrogen and oxygen atoms in total. The molecule has 1 N–H and O–H groups in total. The first-order valence-electron chi connectivity index (χ1n) is 7.59. The Hall–Kier alpha value is -2.30. The molecule has 1 fully saturated rings. The quantitative estimate of drug-likeness (QED) is 0.789. The number of hydrogen-bond acceptors (Lipinski definition) is 4. The number of halogens is 1. The predicted octanol–water partition coefficient (Wildman–Crippen LogP) is 4.03. The highest BCUT2D eigenvalue weighted by atomic mass is 35.5. The zero-order chi connectivity index (χ0) is 15.6. The van der Waals surface area contributed by atoms with Crippen LogP contribution in [0.15, 0.2) is 59.1 Å². The van der Waals surface area contributed by atoms with Crippen LogP contribution in [0.2, 0.25) is 5.02 Å². The normalized spacial score (nSPS) is 14.4. The maximum absolute atomic E-state index is 6.00. The van der Waals surface area contributed by atoms with Crippen molar-refractivity contribution in [2.45, 2.75) is 0 Å². The molecule has 0 aliphatic carbocycles. The number of hydrogen-bond donors (Lipinski definition) is 1. The standard InChI is InChI=1S/C18H16ClN3O/c19-15-8-6-14(7-9-15)17-16(13-4-2-1-3-5-13)18(23-21-17)22-11-10-20-12-22/h1-9,20H,10-12H2. The van der Waals surface area contributed by atoms with Gasteiger partial charge in [-0.25, -0.2) is 0 Å². The van der Waals surface area contributed by atoms with Crippen LogP contribution in [0.4, 0.5) is 5.88 Å². The van der Waals surface area contributed by atoms with E-state index in [1.54, 1.807) is 0 Å². The van der Waals surface area contributed by atoms with Crippen molar-refractivity contribution in [1.29, 1.82) is 0 Å². The molecule has 1 saturated heterocycles. The van der Waals surface area contributed by atoms with E-state index < -0.39 is 0 Å². The zero-order valence-electron chi connectivity index (χ0n) is 12.5. The van der Waals surface area contributed by atoms with Crippen LogP contribution >= 0.6 is 11.6 Å². The maximum atomic E-state index is 6.00. The van der Waals surface area contributed by atoms with Gasteiger partial charge in [-0.05, 0) is 17.7 Å². The largest absolute Gasteiger partial charge is 0.337 e. The van der Waals surface area contributed by atoms with Crippen LogP contribution in [0.1, 0.15) is 0 Å². The van der Waals surface area contributed by atoms with Gasteiger partial charge in [-0.3, -0.25) is 5.32 Å². The Morgan fingerprint density at radius 2 is 1.78 bits per heavy atom. The monoisotopic (exact) mass is 325 g/mol. The molecule has 0 bridgehead atoms. The molecule has 1 aromatic heterocycles. The SMILES string of the molecule is Clc1ccc(-c2noc(N3CCNC3)c2-c2ccccc2)cc1. The number of aromatic nitrogens is 1. The molecule has 23 heavy (non-hydrogen) atoms. The number of nitrogens with one attached hydrogen (secondary N) is 1. The molecule has 0 radical (unpaired) electrons. The first kappa shape index (κ1) is 14.3. The first-order chi connectivity index (χ1) is 11.3. The van der Waals surface area contributed by atoms with Gasteiger partial charge in [0.2, 0.25) is 5.88 Å². The molecule has 1 aliphatic rings.